The van der Waals surface area contributed by atoms with Crippen LogP contribution in [-0.2, 0) is 0 Å². The quantitative estimate of drug-likeness (QED) is 0.791. The van der Waals surface area contributed by atoms with Crippen LogP contribution < -0.4 is 10.1 Å². The lowest BCUT2D eigenvalue weighted by atomic mass is 9.75. The number of allylic oxidation sites excluding steroid dienone is 2. The molecule has 23 heavy (non-hydrogen) atoms. The normalized spacial score (nSPS) is 24.7. The molecule has 2 aromatic carbocycles. The molecule has 2 nitrogen and oxygen atoms in total. The molecule has 1 aliphatic heterocycles. The Kier molecular flexibility index (Phi) is 3.37. The van der Waals surface area contributed by atoms with Crippen LogP contribution in [0.25, 0.3) is 0 Å². The second kappa shape index (κ2) is 5.41. The average molecular weight is 309 g/mol. The van der Waals surface area contributed by atoms with E-state index in [9.17, 15) is 4.39 Å². The Morgan fingerprint density at radius 3 is 2.87 bits per heavy atom. The number of aryl methyl sites for hydroxylation is 1. The van der Waals surface area contributed by atoms with Gasteiger partial charge in [0.05, 0.1) is 18.8 Å². The third-order valence-corrected chi connectivity index (χ3v) is 5.13. The van der Waals surface area contributed by atoms with Crippen molar-refractivity contribution < 1.29 is 9.13 Å². The minimum atomic E-state index is -0.186. The van der Waals surface area contributed by atoms with E-state index in [0.29, 0.717) is 11.8 Å². The number of fused-ring (bicyclic) bond motifs is 3. The number of anilines is 1. The summed E-state index contributed by atoms with van der Waals surface area (Å²) in [6, 6.07) is 11.1. The summed E-state index contributed by atoms with van der Waals surface area (Å²) >= 11 is 0. The Balaban J connectivity index is 1.86. The third kappa shape index (κ3) is 2.23. The van der Waals surface area contributed by atoms with E-state index in [0.717, 1.165) is 23.4 Å². The Hall–Kier alpha value is -2.29. The molecule has 0 amide bonds. The highest BCUT2D eigenvalue weighted by molar-refractivity contribution is 5.69. The van der Waals surface area contributed by atoms with Crippen molar-refractivity contribution in [1.82, 2.24) is 0 Å². The first-order valence-electron chi connectivity index (χ1n) is 8.05. The fraction of sp³-hybridized carbons (Fsp3) is 0.300. The van der Waals surface area contributed by atoms with Gasteiger partial charge < -0.3 is 10.1 Å². The zero-order valence-electron chi connectivity index (χ0n) is 13.3. The first kappa shape index (κ1) is 14.3. The largest absolute Gasteiger partial charge is 0.495 e. The molecule has 0 saturated carbocycles. The van der Waals surface area contributed by atoms with Crippen molar-refractivity contribution in [3.05, 3.63) is 71.1 Å². The molecular weight excluding hydrogens is 289 g/mol. The van der Waals surface area contributed by atoms with Gasteiger partial charge in [0.2, 0.25) is 0 Å². The molecule has 0 aromatic heterocycles. The molecular formula is C20H20FNO. The zero-order valence-corrected chi connectivity index (χ0v) is 13.3. The molecule has 4 rings (SSSR count). The minimum Gasteiger partial charge on any atom is -0.495 e. The molecule has 0 unspecified atom stereocenters. The van der Waals surface area contributed by atoms with Gasteiger partial charge in [-0.3, -0.25) is 0 Å². The number of benzene rings is 2. The molecule has 0 saturated heterocycles. The number of rotatable bonds is 2. The maximum atomic E-state index is 13.7. The Morgan fingerprint density at radius 2 is 2.09 bits per heavy atom. The van der Waals surface area contributed by atoms with Crippen molar-refractivity contribution in [2.24, 2.45) is 5.92 Å². The van der Waals surface area contributed by atoms with E-state index in [-0.39, 0.29) is 11.9 Å². The van der Waals surface area contributed by atoms with Crippen LogP contribution in [-0.4, -0.2) is 7.11 Å². The summed E-state index contributed by atoms with van der Waals surface area (Å²) in [6.07, 6.45) is 5.55. The van der Waals surface area contributed by atoms with Gasteiger partial charge >= 0.3 is 0 Å². The lowest BCUT2D eigenvalue weighted by molar-refractivity contribution is 0.396. The predicted molar refractivity (Wildman–Crippen MR) is 90.5 cm³/mol. The van der Waals surface area contributed by atoms with Gasteiger partial charge in [-0.25, -0.2) is 4.39 Å². The van der Waals surface area contributed by atoms with Gasteiger partial charge in [-0.05, 0) is 54.2 Å². The van der Waals surface area contributed by atoms with Crippen LogP contribution in [0.1, 0.15) is 35.1 Å². The number of hydrogen-bond donors (Lipinski definition) is 1. The van der Waals surface area contributed by atoms with Gasteiger partial charge in [-0.2, -0.15) is 0 Å². The van der Waals surface area contributed by atoms with Crippen molar-refractivity contribution in [2.45, 2.75) is 25.3 Å². The van der Waals surface area contributed by atoms with Crippen LogP contribution in [0.3, 0.4) is 0 Å². The maximum absolute atomic E-state index is 13.7. The number of methoxy groups -OCH3 is 1. The minimum absolute atomic E-state index is 0.0916. The van der Waals surface area contributed by atoms with E-state index in [4.69, 9.17) is 4.74 Å². The highest BCUT2D eigenvalue weighted by Crippen LogP contribution is 2.53. The van der Waals surface area contributed by atoms with Crippen molar-refractivity contribution in [3.63, 3.8) is 0 Å². The molecule has 0 radical (unpaired) electrons. The van der Waals surface area contributed by atoms with E-state index in [1.165, 1.54) is 17.2 Å². The fourth-order valence-electron chi connectivity index (χ4n) is 4.07. The molecule has 1 heterocycles. The number of halogens is 1. The van der Waals surface area contributed by atoms with Crippen LogP contribution in [0.4, 0.5) is 10.1 Å². The lowest BCUT2D eigenvalue weighted by Gasteiger charge is -2.39. The summed E-state index contributed by atoms with van der Waals surface area (Å²) in [5.74, 6) is 1.43. The van der Waals surface area contributed by atoms with Crippen LogP contribution >= 0.6 is 0 Å². The van der Waals surface area contributed by atoms with Crippen molar-refractivity contribution in [1.29, 1.82) is 0 Å². The second-order valence-electron chi connectivity index (χ2n) is 6.40. The predicted octanol–water partition coefficient (Wildman–Crippen LogP) is 4.97. The second-order valence-corrected chi connectivity index (χ2v) is 6.40. The smallest absolute Gasteiger partial charge is 0.142 e. The first-order valence-corrected chi connectivity index (χ1v) is 8.05. The molecule has 2 aromatic rings. The van der Waals surface area contributed by atoms with Crippen LogP contribution in [0.15, 0.2) is 48.6 Å². The molecule has 3 heteroatoms. The molecule has 1 aliphatic carbocycles. The Labute approximate surface area is 136 Å². The van der Waals surface area contributed by atoms with Crippen LogP contribution in [0, 0.1) is 18.7 Å². The lowest BCUT2D eigenvalue weighted by Crippen LogP contribution is -2.30. The first-order chi connectivity index (χ1) is 11.2. The van der Waals surface area contributed by atoms with E-state index in [2.05, 4.69) is 30.5 Å². The topological polar surface area (TPSA) is 21.3 Å². The van der Waals surface area contributed by atoms with Gasteiger partial charge in [0, 0.05) is 5.92 Å². The van der Waals surface area contributed by atoms with E-state index < -0.39 is 0 Å². The number of nitrogens with one attached hydrogen (secondary N) is 1. The maximum Gasteiger partial charge on any atom is 0.142 e. The van der Waals surface area contributed by atoms with E-state index in [1.807, 2.05) is 12.1 Å². The van der Waals surface area contributed by atoms with Crippen LogP contribution in [0.5, 0.6) is 5.75 Å². The summed E-state index contributed by atoms with van der Waals surface area (Å²) in [5, 5.41) is 3.64. The Bertz CT molecular complexity index is 783. The molecule has 2 aliphatic rings. The van der Waals surface area contributed by atoms with Crippen molar-refractivity contribution in [3.8, 4) is 5.75 Å². The van der Waals surface area contributed by atoms with E-state index in [1.54, 1.807) is 19.2 Å². The standard InChI is InChI=1S/C20H20FNO/c1-12-9-10-17(23-2)20-18(12)15-7-4-8-16(15)19(22-20)13-5-3-6-14(21)11-13/h3-7,9-11,15-16,19,22H,8H2,1-2H3/t15-,16-,19+/m0/s1. The summed E-state index contributed by atoms with van der Waals surface area (Å²) < 4.78 is 19.3. The van der Waals surface area contributed by atoms with Gasteiger partial charge in [-0.15, -0.1) is 0 Å². The van der Waals surface area contributed by atoms with Crippen molar-refractivity contribution >= 4 is 5.69 Å². The third-order valence-electron chi connectivity index (χ3n) is 5.13. The molecule has 0 fully saturated rings. The summed E-state index contributed by atoms with van der Waals surface area (Å²) in [7, 11) is 1.69. The van der Waals surface area contributed by atoms with E-state index >= 15 is 0 Å². The fourth-order valence-corrected chi connectivity index (χ4v) is 4.07. The summed E-state index contributed by atoms with van der Waals surface area (Å²) in [5.41, 5.74) is 4.63. The molecule has 0 spiro atoms. The molecule has 1 N–H and O–H groups in total. The van der Waals surface area contributed by atoms with Gasteiger partial charge in [0.1, 0.15) is 11.6 Å². The molecule has 118 valence electrons. The highest BCUT2D eigenvalue weighted by Gasteiger charge is 2.39. The Morgan fingerprint density at radius 1 is 1.22 bits per heavy atom. The number of hydrogen-bond acceptors (Lipinski definition) is 2. The SMILES string of the molecule is COc1ccc(C)c2c1N[C@H](c1cccc(F)c1)[C@H]1CC=C[C@H]21. The average Bonchev–Trinajstić information content (AvgIpc) is 3.03. The van der Waals surface area contributed by atoms with Gasteiger partial charge in [0.15, 0.2) is 0 Å². The highest BCUT2D eigenvalue weighted by atomic mass is 19.1. The monoisotopic (exact) mass is 309 g/mol. The van der Waals surface area contributed by atoms with Gasteiger partial charge in [-0.1, -0.05) is 30.4 Å². The van der Waals surface area contributed by atoms with Crippen molar-refractivity contribution in [2.75, 3.05) is 12.4 Å². The summed E-state index contributed by atoms with van der Waals surface area (Å²) in [6.45, 7) is 2.14. The van der Waals surface area contributed by atoms with Gasteiger partial charge in [0.25, 0.3) is 0 Å². The zero-order chi connectivity index (χ0) is 16.0. The molecule has 3 atom stereocenters. The van der Waals surface area contributed by atoms with Crippen LogP contribution in [0.2, 0.25) is 0 Å². The summed E-state index contributed by atoms with van der Waals surface area (Å²) in [4.78, 5) is 0. The number of ether oxygens (including phenoxy) is 1. The molecule has 0 bridgehead atoms.